The second kappa shape index (κ2) is 8.15. The Morgan fingerprint density at radius 1 is 1.12 bits per heavy atom. The molecule has 0 N–H and O–H groups in total. The average Bonchev–Trinajstić information content (AvgIpc) is 2.92. The first-order valence-electron chi connectivity index (χ1n) is 8.26. The predicted molar refractivity (Wildman–Crippen MR) is 108 cm³/mol. The quantitative estimate of drug-likeness (QED) is 0.545. The predicted octanol–water partition coefficient (Wildman–Crippen LogP) is 5.27. The highest BCUT2D eigenvalue weighted by Gasteiger charge is 2.31. The molecule has 0 aliphatic carbocycles. The number of anilines is 1. The van der Waals surface area contributed by atoms with Gasteiger partial charge in [-0.05, 0) is 49.8 Å². The smallest absolute Gasteiger partial charge is 0.266 e. The van der Waals surface area contributed by atoms with Crippen molar-refractivity contribution in [3.8, 4) is 0 Å². The van der Waals surface area contributed by atoms with Crippen molar-refractivity contribution in [2.24, 2.45) is 4.99 Å². The minimum Gasteiger partial charge on any atom is -0.266 e. The lowest BCUT2D eigenvalue weighted by Crippen LogP contribution is -2.30. The van der Waals surface area contributed by atoms with Crippen molar-refractivity contribution in [3.05, 3.63) is 83.3 Å². The maximum Gasteiger partial charge on any atom is 0.283 e. The second-order valence-electron chi connectivity index (χ2n) is 6.04. The number of thioether (sulfide) groups is 1. The van der Waals surface area contributed by atoms with Gasteiger partial charge in [0.15, 0.2) is 5.17 Å². The highest BCUT2D eigenvalue weighted by atomic mass is 32.2. The third kappa shape index (κ3) is 4.29. The minimum absolute atomic E-state index is 0.208. The van der Waals surface area contributed by atoms with E-state index in [-0.39, 0.29) is 11.7 Å². The van der Waals surface area contributed by atoms with Crippen LogP contribution in [-0.4, -0.2) is 16.8 Å². The number of benzene rings is 2. The first kappa shape index (κ1) is 18.1. The van der Waals surface area contributed by atoms with Crippen LogP contribution in [0.2, 0.25) is 0 Å². The van der Waals surface area contributed by atoms with Crippen LogP contribution in [-0.2, 0) is 4.79 Å². The van der Waals surface area contributed by atoms with Gasteiger partial charge in [0.25, 0.3) is 5.91 Å². The van der Waals surface area contributed by atoms with Gasteiger partial charge in [0.2, 0.25) is 0 Å². The Morgan fingerprint density at radius 3 is 2.46 bits per heavy atom. The van der Waals surface area contributed by atoms with E-state index < -0.39 is 0 Å². The Balaban J connectivity index is 1.94. The third-order valence-corrected chi connectivity index (χ3v) is 4.59. The van der Waals surface area contributed by atoms with Crippen LogP contribution in [0.25, 0.3) is 6.08 Å². The molecule has 0 saturated carbocycles. The molecule has 1 aliphatic heterocycles. The van der Waals surface area contributed by atoms with E-state index in [1.165, 1.54) is 34.4 Å². The van der Waals surface area contributed by atoms with Crippen molar-refractivity contribution in [1.82, 2.24) is 0 Å². The molecule has 1 amide bonds. The van der Waals surface area contributed by atoms with Gasteiger partial charge in [-0.1, -0.05) is 53.7 Å². The standard InChI is InChI=1S/C21H19FN2OS/c1-15(2)12-13-26-21-23-19(14-16-6-4-3-5-7-16)20(25)24(21)18-10-8-17(22)9-11-18/h3-12,14H,13H2,1-2H3/b19-14-. The summed E-state index contributed by atoms with van der Waals surface area (Å²) in [5, 5.41) is 0.598. The number of hydrogen-bond acceptors (Lipinski definition) is 3. The molecule has 0 bridgehead atoms. The number of halogens is 1. The molecule has 2 aromatic rings. The average molecular weight is 366 g/mol. The van der Waals surface area contributed by atoms with Crippen LogP contribution in [0.4, 0.5) is 10.1 Å². The number of rotatable bonds is 4. The van der Waals surface area contributed by atoms with Gasteiger partial charge in [-0.3, -0.25) is 9.69 Å². The Labute approximate surface area is 156 Å². The fraction of sp³-hybridized carbons (Fsp3) is 0.143. The number of aliphatic imine (C=N–C) groups is 1. The fourth-order valence-electron chi connectivity index (χ4n) is 2.40. The topological polar surface area (TPSA) is 32.7 Å². The Hall–Kier alpha value is -2.66. The number of allylic oxidation sites excluding steroid dienone is 1. The number of carbonyl (C=O) groups is 1. The minimum atomic E-state index is -0.337. The summed E-state index contributed by atoms with van der Waals surface area (Å²) in [7, 11) is 0. The van der Waals surface area contributed by atoms with Gasteiger partial charge in [0, 0.05) is 5.75 Å². The van der Waals surface area contributed by atoms with Crippen LogP contribution < -0.4 is 4.90 Å². The largest absolute Gasteiger partial charge is 0.283 e. The van der Waals surface area contributed by atoms with Crippen LogP contribution in [0.1, 0.15) is 19.4 Å². The molecule has 0 unspecified atom stereocenters. The van der Waals surface area contributed by atoms with Crippen molar-refractivity contribution in [1.29, 1.82) is 0 Å². The lowest BCUT2D eigenvalue weighted by atomic mass is 10.2. The molecular weight excluding hydrogens is 347 g/mol. The lowest BCUT2D eigenvalue weighted by Gasteiger charge is -2.17. The van der Waals surface area contributed by atoms with Gasteiger partial charge in [-0.25, -0.2) is 9.38 Å². The molecule has 1 heterocycles. The molecule has 132 valence electrons. The SMILES string of the molecule is CC(C)=CCSC1=N/C(=C\c2ccccc2)C(=O)N1c1ccc(F)cc1. The van der Waals surface area contributed by atoms with E-state index in [0.717, 1.165) is 5.56 Å². The van der Waals surface area contributed by atoms with E-state index in [9.17, 15) is 9.18 Å². The van der Waals surface area contributed by atoms with E-state index in [1.54, 1.807) is 18.2 Å². The maximum atomic E-state index is 13.3. The van der Waals surface area contributed by atoms with Crippen molar-refractivity contribution in [3.63, 3.8) is 0 Å². The molecule has 1 aliphatic rings. The number of amidine groups is 1. The summed E-state index contributed by atoms with van der Waals surface area (Å²) in [6, 6.07) is 15.5. The summed E-state index contributed by atoms with van der Waals surface area (Å²) >= 11 is 1.48. The Bertz CT molecular complexity index is 882. The number of carbonyl (C=O) groups excluding carboxylic acids is 1. The van der Waals surface area contributed by atoms with Crippen LogP contribution >= 0.6 is 11.8 Å². The highest BCUT2D eigenvalue weighted by molar-refractivity contribution is 8.14. The first-order chi connectivity index (χ1) is 12.5. The second-order valence-corrected chi connectivity index (χ2v) is 7.03. The monoisotopic (exact) mass is 366 g/mol. The molecule has 3 rings (SSSR count). The molecule has 2 aromatic carbocycles. The van der Waals surface area contributed by atoms with Crippen LogP contribution in [0.5, 0.6) is 0 Å². The molecule has 0 spiro atoms. The Kier molecular flexibility index (Phi) is 5.68. The van der Waals surface area contributed by atoms with Crippen molar-refractivity contribution in [2.45, 2.75) is 13.8 Å². The normalized spacial score (nSPS) is 15.3. The van der Waals surface area contributed by atoms with Crippen molar-refractivity contribution >= 4 is 34.6 Å². The summed E-state index contributed by atoms with van der Waals surface area (Å²) in [5.74, 6) is 0.168. The summed E-state index contributed by atoms with van der Waals surface area (Å²) in [4.78, 5) is 19.0. The van der Waals surface area contributed by atoms with Gasteiger partial charge in [0.05, 0.1) is 5.69 Å². The third-order valence-electron chi connectivity index (χ3n) is 3.72. The van der Waals surface area contributed by atoms with Crippen LogP contribution in [0, 0.1) is 5.82 Å². The van der Waals surface area contributed by atoms with Gasteiger partial charge in [-0.2, -0.15) is 0 Å². The highest BCUT2D eigenvalue weighted by Crippen LogP contribution is 2.29. The van der Waals surface area contributed by atoms with E-state index in [1.807, 2.05) is 44.2 Å². The molecule has 0 aromatic heterocycles. The number of amides is 1. The van der Waals surface area contributed by atoms with Gasteiger partial charge < -0.3 is 0 Å². The molecule has 0 fully saturated rings. The van der Waals surface area contributed by atoms with Gasteiger partial charge >= 0.3 is 0 Å². The number of hydrogen-bond donors (Lipinski definition) is 0. The zero-order chi connectivity index (χ0) is 18.5. The summed E-state index contributed by atoms with van der Waals surface area (Å²) < 4.78 is 13.3. The molecule has 3 nitrogen and oxygen atoms in total. The molecule has 0 radical (unpaired) electrons. The lowest BCUT2D eigenvalue weighted by molar-refractivity contribution is -0.113. The number of nitrogens with zero attached hydrogens (tertiary/aromatic N) is 2. The summed E-state index contributed by atoms with van der Waals surface area (Å²) in [6.07, 6.45) is 3.85. The van der Waals surface area contributed by atoms with Gasteiger partial charge in [-0.15, -0.1) is 0 Å². The molecule has 0 atom stereocenters. The van der Waals surface area contributed by atoms with E-state index in [2.05, 4.69) is 11.1 Å². The van der Waals surface area contributed by atoms with E-state index in [4.69, 9.17) is 0 Å². The molecule has 26 heavy (non-hydrogen) atoms. The fourth-order valence-corrected chi connectivity index (χ4v) is 3.45. The van der Waals surface area contributed by atoms with Crippen LogP contribution in [0.15, 0.2) is 76.9 Å². The summed E-state index contributed by atoms with van der Waals surface area (Å²) in [5.41, 5.74) is 3.10. The maximum absolute atomic E-state index is 13.3. The van der Waals surface area contributed by atoms with E-state index in [0.29, 0.717) is 22.3 Å². The zero-order valence-corrected chi connectivity index (χ0v) is 15.5. The Morgan fingerprint density at radius 2 is 1.81 bits per heavy atom. The summed E-state index contributed by atoms with van der Waals surface area (Å²) in [6.45, 7) is 4.06. The van der Waals surface area contributed by atoms with Crippen LogP contribution in [0.3, 0.4) is 0 Å². The zero-order valence-electron chi connectivity index (χ0n) is 14.6. The first-order valence-corrected chi connectivity index (χ1v) is 9.25. The van der Waals surface area contributed by atoms with Crippen molar-refractivity contribution in [2.75, 3.05) is 10.7 Å². The van der Waals surface area contributed by atoms with E-state index >= 15 is 0 Å². The molecule has 0 saturated heterocycles. The molecular formula is C21H19FN2OS. The van der Waals surface area contributed by atoms with Gasteiger partial charge in [0.1, 0.15) is 11.5 Å². The molecule has 5 heteroatoms. The van der Waals surface area contributed by atoms with Crippen molar-refractivity contribution < 1.29 is 9.18 Å².